The molecule has 0 saturated heterocycles. The van der Waals surface area contributed by atoms with Gasteiger partial charge in [0.1, 0.15) is 5.69 Å². The second-order valence-corrected chi connectivity index (χ2v) is 7.16. The first-order valence-electron chi connectivity index (χ1n) is 9.20. The van der Waals surface area contributed by atoms with Gasteiger partial charge < -0.3 is 0 Å². The van der Waals surface area contributed by atoms with Gasteiger partial charge in [0.05, 0.1) is 6.20 Å². The summed E-state index contributed by atoms with van der Waals surface area (Å²) in [4.78, 5) is 17.0. The standard InChI is InChI=1S/C21H16F2N6/c1-12-8-28-29(11-12)18-6-13(5-17(22)19(18)23)15-7-16(15)14-9-26-21(27-10-14)20-24-3-2-4-25-20/h2-6,8-11,15-16H,7H2,1H3/t15-,16+/m1/s1. The summed E-state index contributed by atoms with van der Waals surface area (Å²) in [5.74, 6) is -0.601. The molecule has 1 fully saturated rings. The number of aromatic nitrogens is 6. The van der Waals surface area contributed by atoms with Crippen LogP contribution in [0.3, 0.4) is 0 Å². The monoisotopic (exact) mass is 390 g/mol. The van der Waals surface area contributed by atoms with E-state index in [1.807, 2.05) is 6.92 Å². The third-order valence-electron chi connectivity index (χ3n) is 5.07. The largest absolute Gasteiger partial charge is 0.238 e. The highest BCUT2D eigenvalue weighted by Gasteiger charge is 2.40. The molecule has 144 valence electrons. The van der Waals surface area contributed by atoms with Crippen molar-refractivity contribution in [2.75, 3.05) is 0 Å². The van der Waals surface area contributed by atoms with Crippen molar-refractivity contribution in [1.82, 2.24) is 29.7 Å². The molecule has 0 spiro atoms. The maximum Gasteiger partial charge on any atom is 0.197 e. The van der Waals surface area contributed by atoms with Crippen LogP contribution in [0, 0.1) is 18.6 Å². The van der Waals surface area contributed by atoms with E-state index in [-0.39, 0.29) is 17.5 Å². The van der Waals surface area contributed by atoms with E-state index in [4.69, 9.17) is 0 Å². The smallest absolute Gasteiger partial charge is 0.197 e. The molecule has 1 aromatic carbocycles. The molecule has 8 heteroatoms. The van der Waals surface area contributed by atoms with Gasteiger partial charge >= 0.3 is 0 Å². The van der Waals surface area contributed by atoms with Crippen LogP contribution in [0.2, 0.25) is 0 Å². The Morgan fingerprint density at radius 3 is 2.28 bits per heavy atom. The summed E-state index contributed by atoms with van der Waals surface area (Å²) in [5.41, 5.74) is 2.69. The van der Waals surface area contributed by atoms with Crippen LogP contribution in [0.1, 0.15) is 34.9 Å². The molecule has 0 radical (unpaired) electrons. The summed E-state index contributed by atoms with van der Waals surface area (Å²) in [6, 6.07) is 4.67. The Morgan fingerprint density at radius 1 is 0.897 bits per heavy atom. The summed E-state index contributed by atoms with van der Waals surface area (Å²) >= 11 is 0. The number of rotatable bonds is 4. The fraction of sp³-hybridized carbons (Fsp3) is 0.190. The van der Waals surface area contributed by atoms with Crippen LogP contribution in [-0.2, 0) is 0 Å². The van der Waals surface area contributed by atoms with Crippen molar-refractivity contribution in [1.29, 1.82) is 0 Å². The van der Waals surface area contributed by atoms with E-state index in [2.05, 4.69) is 25.0 Å². The Labute approximate surface area is 165 Å². The molecule has 5 rings (SSSR count). The third-order valence-corrected chi connectivity index (χ3v) is 5.07. The van der Waals surface area contributed by atoms with Crippen molar-refractivity contribution < 1.29 is 8.78 Å². The zero-order chi connectivity index (χ0) is 20.0. The Balaban J connectivity index is 1.41. The lowest BCUT2D eigenvalue weighted by Crippen LogP contribution is -2.02. The summed E-state index contributed by atoms with van der Waals surface area (Å²) in [6.07, 6.45) is 10.9. The van der Waals surface area contributed by atoms with E-state index in [9.17, 15) is 8.78 Å². The molecule has 1 saturated carbocycles. The van der Waals surface area contributed by atoms with Crippen LogP contribution in [0.25, 0.3) is 17.3 Å². The van der Waals surface area contributed by atoms with E-state index in [0.717, 1.165) is 23.1 Å². The van der Waals surface area contributed by atoms with Crippen LogP contribution in [0.5, 0.6) is 0 Å². The molecule has 0 N–H and O–H groups in total. The predicted octanol–water partition coefficient (Wildman–Crippen LogP) is 3.98. The van der Waals surface area contributed by atoms with Gasteiger partial charge in [-0.05, 0) is 60.1 Å². The normalized spacial score (nSPS) is 18.0. The molecule has 3 aromatic heterocycles. The zero-order valence-corrected chi connectivity index (χ0v) is 15.5. The lowest BCUT2D eigenvalue weighted by molar-refractivity contribution is 0.500. The average Bonchev–Trinajstić information content (AvgIpc) is 3.44. The number of aryl methyl sites for hydroxylation is 1. The van der Waals surface area contributed by atoms with E-state index in [1.54, 1.807) is 49.3 Å². The number of halogens is 2. The first-order chi connectivity index (χ1) is 14.1. The van der Waals surface area contributed by atoms with Gasteiger partial charge in [0.15, 0.2) is 23.3 Å². The van der Waals surface area contributed by atoms with Gasteiger partial charge in [-0.3, -0.25) is 0 Å². The van der Waals surface area contributed by atoms with E-state index in [0.29, 0.717) is 11.6 Å². The summed E-state index contributed by atoms with van der Waals surface area (Å²) in [7, 11) is 0. The molecule has 4 aromatic rings. The molecular weight excluding hydrogens is 374 g/mol. The lowest BCUT2D eigenvalue weighted by Gasteiger charge is -2.08. The molecule has 0 aliphatic heterocycles. The SMILES string of the molecule is Cc1cnn(-c2cc([C@H]3C[C@H]3c3cnc(-c4ncccn4)nc3)cc(F)c2F)c1. The zero-order valence-electron chi connectivity index (χ0n) is 15.5. The van der Waals surface area contributed by atoms with Crippen molar-refractivity contribution in [2.24, 2.45) is 0 Å². The maximum absolute atomic E-state index is 14.3. The summed E-state index contributed by atoms with van der Waals surface area (Å²) < 4.78 is 29.9. The van der Waals surface area contributed by atoms with Gasteiger partial charge in [0, 0.05) is 31.0 Å². The average molecular weight is 390 g/mol. The van der Waals surface area contributed by atoms with Gasteiger partial charge in [-0.2, -0.15) is 5.10 Å². The third kappa shape index (κ3) is 3.26. The van der Waals surface area contributed by atoms with E-state index >= 15 is 0 Å². The maximum atomic E-state index is 14.3. The molecule has 1 aliphatic rings. The fourth-order valence-corrected chi connectivity index (χ4v) is 3.51. The van der Waals surface area contributed by atoms with Gasteiger partial charge in [-0.25, -0.2) is 33.4 Å². The minimum absolute atomic E-state index is 0.0861. The molecule has 3 heterocycles. The summed E-state index contributed by atoms with van der Waals surface area (Å²) in [5, 5.41) is 4.10. The Morgan fingerprint density at radius 2 is 1.59 bits per heavy atom. The Kier molecular flexibility index (Phi) is 4.12. The highest BCUT2D eigenvalue weighted by molar-refractivity contribution is 5.45. The molecular formula is C21H16F2N6. The molecule has 6 nitrogen and oxygen atoms in total. The van der Waals surface area contributed by atoms with E-state index in [1.165, 1.54) is 10.7 Å². The van der Waals surface area contributed by atoms with E-state index < -0.39 is 11.6 Å². The van der Waals surface area contributed by atoms with Crippen LogP contribution in [0.15, 0.2) is 55.4 Å². The number of nitrogens with zero attached hydrogens (tertiary/aromatic N) is 6. The van der Waals surface area contributed by atoms with Crippen LogP contribution in [-0.4, -0.2) is 29.7 Å². The molecule has 1 aliphatic carbocycles. The van der Waals surface area contributed by atoms with Crippen molar-refractivity contribution in [3.05, 3.63) is 83.7 Å². The minimum atomic E-state index is -0.899. The number of hydrogen-bond donors (Lipinski definition) is 0. The lowest BCUT2D eigenvalue weighted by atomic mass is 10.1. The highest BCUT2D eigenvalue weighted by Crippen LogP contribution is 2.54. The molecule has 29 heavy (non-hydrogen) atoms. The van der Waals surface area contributed by atoms with Gasteiger partial charge in [-0.15, -0.1) is 0 Å². The van der Waals surface area contributed by atoms with Crippen molar-refractivity contribution >= 4 is 0 Å². The number of benzene rings is 1. The topological polar surface area (TPSA) is 69.4 Å². The minimum Gasteiger partial charge on any atom is -0.238 e. The second kappa shape index (κ2) is 6.80. The first kappa shape index (κ1) is 17.5. The quantitative estimate of drug-likeness (QED) is 0.527. The number of hydrogen-bond acceptors (Lipinski definition) is 5. The fourth-order valence-electron chi connectivity index (χ4n) is 3.51. The molecule has 0 unspecified atom stereocenters. The highest BCUT2D eigenvalue weighted by atomic mass is 19.2. The summed E-state index contributed by atoms with van der Waals surface area (Å²) in [6.45, 7) is 1.85. The Hall–Kier alpha value is -3.55. The van der Waals surface area contributed by atoms with Gasteiger partial charge in [0.25, 0.3) is 0 Å². The predicted molar refractivity (Wildman–Crippen MR) is 101 cm³/mol. The van der Waals surface area contributed by atoms with Crippen LogP contribution >= 0.6 is 0 Å². The van der Waals surface area contributed by atoms with Crippen molar-refractivity contribution in [3.63, 3.8) is 0 Å². The molecule has 0 bridgehead atoms. The van der Waals surface area contributed by atoms with Gasteiger partial charge in [0.2, 0.25) is 0 Å². The van der Waals surface area contributed by atoms with Crippen LogP contribution < -0.4 is 0 Å². The Bertz CT molecular complexity index is 1170. The molecule has 0 amide bonds. The molecule has 2 atom stereocenters. The van der Waals surface area contributed by atoms with Crippen molar-refractivity contribution in [2.45, 2.75) is 25.2 Å². The van der Waals surface area contributed by atoms with Gasteiger partial charge in [-0.1, -0.05) is 0 Å². The van der Waals surface area contributed by atoms with Crippen molar-refractivity contribution in [3.8, 4) is 17.3 Å². The second-order valence-electron chi connectivity index (χ2n) is 7.16. The van der Waals surface area contributed by atoms with Crippen LogP contribution in [0.4, 0.5) is 8.78 Å². The first-order valence-corrected chi connectivity index (χ1v) is 9.20.